The molecule has 1 N–H and O–H groups in total. The number of hydrogen-bond donors (Lipinski definition) is 1. The van der Waals surface area contributed by atoms with Crippen molar-refractivity contribution < 1.29 is 18.3 Å². The minimum absolute atomic E-state index is 0.129. The average molecular weight is 365 g/mol. The molecular formula is C15H13Cl2F3N2O. The minimum Gasteiger partial charge on any atom is -0.374 e. The molecule has 0 saturated heterocycles. The maximum atomic E-state index is 13.1. The van der Waals surface area contributed by atoms with Crippen molar-refractivity contribution in [2.24, 2.45) is 0 Å². The first-order valence-electron chi connectivity index (χ1n) is 6.76. The summed E-state index contributed by atoms with van der Waals surface area (Å²) in [7, 11) is 0. The summed E-state index contributed by atoms with van der Waals surface area (Å²) in [6.45, 7) is 1.54. The highest BCUT2D eigenvalue weighted by Gasteiger charge is 2.56. The molecule has 1 unspecified atom stereocenters. The lowest BCUT2D eigenvalue weighted by molar-refractivity contribution is -0.272. The Morgan fingerprint density at radius 1 is 1.13 bits per heavy atom. The molecule has 0 amide bonds. The van der Waals surface area contributed by atoms with E-state index in [2.05, 4.69) is 9.97 Å². The van der Waals surface area contributed by atoms with Gasteiger partial charge in [0.05, 0.1) is 0 Å². The Bertz CT molecular complexity index is 692. The number of hydrogen-bond acceptors (Lipinski definition) is 3. The molecule has 0 aliphatic carbocycles. The fourth-order valence-electron chi connectivity index (χ4n) is 2.15. The van der Waals surface area contributed by atoms with Crippen molar-refractivity contribution in [1.29, 1.82) is 0 Å². The van der Waals surface area contributed by atoms with Crippen LogP contribution in [-0.2, 0) is 5.60 Å². The number of rotatable bonds is 4. The zero-order chi connectivity index (χ0) is 17.3. The van der Waals surface area contributed by atoms with E-state index < -0.39 is 24.0 Å². The maximum absolute atomic E-state index is 13.1. The zero-order valence-electron chi connectivity index (χ0n) is 12.0. The van der Waals surface area contributed by atoms with Crippen LogP contribution >= 0.6 is 23.2 Å². The first kappa shape index (κ1) is 18.0. The minimum atomic E-state index is -4.86. The van der Waals surface area contributed by atoms with Crippen molar-refractivity contribution >= 4 is 23.2 Å². The summed E-state index contributed by atoms with van der Waals surface area (Å²) >= 11 is 11.8. The molecule has 0 fully saturated rings. The van der Waals surface area contributed by atoms with Crippen molar-refractivity contribution in [3.05, 3.63) is 46.5 Å². The second-order valence-electron chi connectivity index (χ2n) is 5.03. The first-order chi connectivity index (χ1) is 10.7. The lowest BCUT2D eigenvalue weighted by Gasteiger charge is -2.28. The second kappa shape index (κ2) is 6.63. The summed E-state index contributed by atoms with van der Waals surface area (Å²) in [5.41, 5.74) is -2.10. The van der Waals surface area contributed by atoms with E-state index in [1.807, 2.05) is 0 Å². The smallest absolute Gasteiger partial charge is 0.374 e. The quantitative estimate of drug-likeness (QED) is 0.829. The molecular weight excluding hydrogens is 352 g/mol. The molecule has 3 nitrogen and oxygen atoms in total. The molecule has 1 aromatic heterocycles. The van der Waals surface area contributed by atoms with Crippen LogP contribution in [0.3, 0.4) is 0 Å². The predicted octanol–water partition coefficient (Wildman–Crippen LogP) is 5.00. The van der Waals surface area contributed by atoms with Gasteiger partial charge in [0.2, 0.25) is 5.60 Å². The zero-order valence-corrected chi connectivity index (χ0v) is 13.5. The van der Waals surface area contributed by atoms with Gasteiger partial charge in [-0.05, 0) is 18.6 Å². The molecule has 0 spiro atoms. The summed E-state index contributed by atoms with van der Waals surface area (Å²) < 4.78 is 39.4. The summed E-state index contributed by atoms with van der Waals surface area (Å²) in [5, 5.41) is 10.7. The molecule has 0 radical (unpaired) electrons. The Morgan fingerprint density at radius 2 is 1.74 bits per heavy atom. The second-order valence-corrected chi connectivity index (χ2v) is 5.87. The van der Waals surface area contributed by atoms with Gasteiger partial charge >= 0.3 is 6.18 Å². The summed E-state index contributed by atoms with van der Waals surface area (Å²) in [4.78, 5) is 7.41. The van der Waals surface area contributed by atoms with E-state index in [-0.39, 0.29) is 6.42 Å². The molecule has 23 heavy (non-hydrogen) atoms. The number of aliphatic hydroxyl groups is 1. The summed E-state index contributed by atoms with van der Waals surface area (Å²) in [5.74, 6) is -0.680. The highest BCUT2D eigenvalue weighted by molar-refractivity contribution is 6.36. The van der Waals surface area contributed by atoms with Crippen LogP contribution in [0.5, 0.6) is 0 Å². The summed E-state index contributed by atoms with van der Waals surface area (Å²) in [6.07, 6.45) is -2.85. The third-order valence-electron chi connectivity index (χ3n) is 3.34. The van der Waals surface area contributed by atoms with Gasteiger partial charge in [-0.2, -0.15) is 13.2 Å². The van der Waals surface area contributed by atoms with Crippen LogP contribution in [0, 0.1) is 0 Å². The molecule has 0 bridgehead atoms. The Morgan fingerprint density at radius 3 is 2.22 bits per heavy atom. The number of benzene rings is 1. The lowest BCUT2D eigenvalue weighted by atomic mass is 9.96. The Hall–Kier alpha value is -1.37. The predicted molar refractivity (Wildman–Crippen MR) is 82.3 cm³/mol. The lowest BCUT2D eigenvalue weighted by Crippen LogP contribution is -2.43. The molecule has 0 saturated carbocycles. The third-order valence-corrected chi connectivity index (χ3v) is 3.89. The van der Waals surface area contributed by atoms with E-state index in [4.69, 9.17) is 23.2 Å². The number of aromatic nitrogens is 2. The van der Waals surface area contributed by atoms with Gasteiger partial charge in [0, 0.05) is 33.6 Å². The van der Waals surface area contributed by atoms with Crippen molar-refractivity contribution in [3.63, 3.8) is 0 Å². The molecule has 8 heteroatoms. The molecule has 1 aromatic carbocycles. The van der Waals surface area contributed by atoms with E-state index in [9.17, 15) is 18.3 Å². The van der Waals surface area contributed by atoms with E-state index >= 15 is 0 Å². The number of alkyl halides is 3. The molecule has 1 heterocycles. The van der Waals surface area contributed by atoms with Crippen molar-refractivity contribution in [2.75, 3.05) is 0 Å². The highest BCUT2D eigenvalue weighted by atomic mass is 35.5. The Labute approximate surface area is 141 Å². The fraction of sp³-hybridized carbons (Fsp3) is 0.333. The molecule has 1 atom stereocenters. The van der Waals surface area contributed by atoms with Gasteiger partial charge in [-0.1, -0.05) is 42.6 Å². The van der Waals surface area contributed by atoms with Gasteiger partial charge in [-0.25, -0.2) is 9.97 Å². The SMILES string of the molecule is CCCC(O)(c1ncc(-c2ccc(Cl)cc2Cl)cn1)C(F)(F)F. The van der Waals surface area contributed by atoms with E-state index in [0.29, 0.717) is 21.2 Å². The van der Waals surface area contributed by atoms with Crippen molar-refractivity contribution in [1.82, 2.24) is 9.97 Å². The van der Waals surface area contributed by atoms with Gasteiger partial charge in [0.25, 0.3) is 0 Å². The van der Waals surface area contributed by atoms with Gasteiger partial charge in [0.15, 0.2) is 5.82 Å². The van der Waals surface area contributed by atoms with E-state index in [0.717, 1.165) is 0 Å². The van der Waals surface area contributed by atoms with Gasteiger partial charge in [-0.15, -0.1) is 0 Å². The van der Waals surface area contributed by atoms with Crippen LogP contribution < -0.4 is 0 Å². The van der Waals surface area contributed by atoms with Crippen LogP contribution in [0.4, 0.5) is 13.2 Å². The monoisotopic (exact) mass is 364 g/mol. The Kier molecular flexibility index (Phi) is 5.18. The Balaban J connectivity index is 2.42. The van der Waals surface area contributed by atoms with Crippen LogP contribution in [-0.4, -0.2) is 21.3 Å². The van der Waals surface area contributed by atoms with Crippen LogP contribution in [0.15, 0.2) is 30.6 Å². The van der Waals surface area contributed by atoms with Crippen molar-refractivity contribution in [2.45, 2.75) is 31.5 Å². The standard InChI is InChI=1S/C15H13Cl2F3N2O/c1-2-5-14(23,15(18,19)20)13-21-7-9(8-22-13)11-4-3-10(16)6-12(11)17/h3-4,6-8,23H,2,5H2,1H3. The third kappa shape index (κ3) is 3.59. The largest absolute Gasteiger partial charge is 0.424 e. The molecule has 124 valence electrons. The van der Waals surface area contributed by atoms with Crippen LogP contribution in [0.1, 0.15) is 25.6 Å². The van der Waals surface area contributed by atoms with E-state index in [1.54, 1.807) is 19.1 Å². The first-order valence-corrected chi connectivity index (χ1v) is 7.51. The number of halogens is 5. The molecule has 2 aromatic rings. The molecule has 0 aliphatic rings. The van der Waals surface area contributed by atoms with Crippen LogP contribution in [0.2, 0.25) is 10.0 Å². The molecule has 0 aliphatic heterocycles. The van der Waals surface area contributed by atoms with Gasteiger partial charge in [-0.3, -0.25) is 0 Å². The van der Waals surface area contributed by atoms with Gasteiger partial charge < -0.3 is 5.11 Å². The topological polar surface area (TPSA) is 46.0 Å². The molecule has 2 rings (SSSR count). The maximum Gasteiger partial charge on any atom is 0.424 e. The summed E-state index contributed by atoms with van der Waals surface area (Å²) in [6, 6.07) is 4.72. The van der Waals surface area contributed by atoms with Gasteiger partial charge in [0.1, 0.15) is 0 Å². The van der Waals surface area contributed by atoms with Crippen molar-refractivity contribution in [3.8, 4) is 11.1 Å². The average Bonchev–Trinajstić information content (AvgIpc) is 2.46. The normalized spacial score (nSPS) is 14.6. The fourth-order valence-corrected chi connectivity index (χ4v) is 2.66. The van der Waals surface area contributed by atoms with Crippen LogP contribution in [0.25, 0.3) is 11.1 Å². The van der Waals surface area contributed by atoms with E-state index in [1.165, 1.54) is 18.5 Å². The number of nitrogens with zero attached hydrogens (tertiary/aromatic N) is 2. The highest BCUT2D eigenvalue weighted by Crippen LogP contribution is 2.41.